The zero-order chi connectivity index (χ0) is 46.2. The van der Waals surface area contributed by atoms with E-state index >= 15 is 0 Å². The fourth-order valence-electron chi connectivity index (χ4n) is 6.95. The lowest BCUT2D eigenvalue weighted by atomic mass is 9.96. The third kappa shape index (κ3) is 11.0. The van der Waals surface area contributed by atoms with E-state index in [4.69, 9.17) is 81.4 Å². The number of aromatic nitrogens is 2. The number of Topliss-reactive ketones (excluding diaryl/α,β-unsaturated/α-hetero) is 1. The van der Waals surface area contributed by atoms with Crippen LogP contribution in [0.25, 0.3) is 16.0 Å². The summed E-state index contributed by atoms with van der Waals surface area (Å²) in [6.45, 7) is 9.20. The molecule has 1 amide bonds. The average Bonchev–Trinajstić information content (AvgIpc) is 3.30. The topological polar surface area (TPSA) is 155 Å². The number of hydrogen-bond acceptors (Lipinski definition) is 11. The van der Waals surface area contributed by atoms with Crippen LogP contribution >= 0.6 is 46.4 Å². The molecule has 8 rings (SSSR count). The minimum Gasteiger partial charge on any atom is -0.488 e. The number of amides is 1. The summed E-state index contributed by atoms with van der Waals surface area (Å²) in [5.41, 5.74) is 5.01. The molecule has 2 fully saturated rings. The molecule has 0 spiro atoms. The molecule has 1 N–H and O–H groups in total. The number of halogens is 4. The zero-order valence-electron chi connectivity index (χ0n) is 34.8. The van der Waals surface area contributed by atoms with Crippen LogP contribution < -0.4 is 24.3 Å². The molecule has 0 atom stereocenters. The van der Waals surface area contributed by atoms with Crippen molar-refractivity contribution in [2.75, 3.05) is 26.4 Å². The van der Waals surface area contributed by atoms with Crippen LogP contribution in [0.4, 0.5) is 5.69 Å². The number of ketones is 1. The second-order valence-corrected chi connectivity index (χ2v) is 16.9. The highest BCUT2D eigenvalue weighted by atomic mass is 35.5. The lowest BCUT2D eigenvalue weighted by molar-refractivity contribution is -0.0322. The van der Waals surface area contributed by atoms with Crippen molar-refractivity contribution in [3.05, 3.63) is 168 Å². The molecule has 0 unspecified atom stereocenters. The van der Waals surface area contributed by atoms with Gasteiger partial charge in [0.15, 0.2) is 5.78 Å². The molecular formula is C49H37Cl4N5O8. The second-order valence-electron chi connectivity index (χ2n) is 15.4. The Kier molecular flexibility index (Phi) is 14.9. The van der Waals surface area contributed by atoms with Gasteiger partial charge in [0.2, 0.25) is 5.69 Å². The van der Waals surface area contributed by atoms with Gasteiger partial charge in [-0.15, -0.1) is 0 Å². The van der Waals surface area contributed by atoms with Gasteiger partial charge in [-0.05, 0) is 29.8 Å². The summed E-state index contributed by atoms with van der Waals surface area (Å²) in [6.07, 6.45) is 6.34. The molecule has 0 aliphatic carbocycles. The first-order valence-electron chi connectivity index (χ1n) is 20.4. The Bertz CT molecular complexity index is 2700. The molecule has 66 heavy (non-hydrogen) atoms. The van der Waals surface area contributed by atoms with Crippen LogP contribution in [-0.4, -0.2) is 54.1 Å². The third-order valence-electron chi connectivity index (χ3n) is 10.6. The van der Waals surface area contributed by atoms with Gasteiger partial charge in [-0.25, -0.2) is 4.85 Å². The fraction of sp³-hybridized carbons (Fsp3) is 0.224. The molecule has 13 nitrogen and oxygen atoms in total. The maximum absolute atomic E-state index is 13.4. The van der Waals surface area contributed by atoms with Crippen LogP contribution in [0.2, 0.25) is 20.1 Å². The molecule has 0 radical (unpaired) electrons. The maximum Gasteiger partial charge on any atom is 0.255 e. The molecule has 4 heterocycles. The Morgan fingerprint density at radius 3 is 1.79 bits per heavy atom. The van der Waals surface area contributed by atoms with Crippen molar-refractivity contribution >= 4 is 63.8 Å². The van der Waals surface area contributed by atoms with E-state index in [1.807, 2.05) is 36.4 Å². The minimum atomic E-state index is -0.396. The van der Waals surface area contributed by atoms with Crippen molar-refractivity contribution in [3.63, 3.8) is 0 Å². The lowest BCUT2D eigenvalue weighted by Crippen LogP contribution is -2.48. The summed E-state index contributed by atoms with van der Waals surface area (Å²) in [5.74, 6) is 0.542. The molecule has 2 aliphatic rings. The molecule has 334 valence electrons. The molecule has 0 saturated carbocycles. The van der Waals surface area contributed by atoms with Crippen LogP contribution in [0.5, 0.6) is 23.0 Å². The van der Waals surface area contributed by atoms with E-state index in [1.54, 1.807) is 42.7 Å². The number of nitriles is 1. The highest BCUT2D eigenvalue weighted by Crippen LogP contribution is 2.40. The van der Waals surface area contributed by atoms with Gasteiger partial charge < -0.3 is 33.7 Å². The number of carbonyl (C=O) groups excluding carboxylic acids is 2. The maximum atomic E-state index is 13.4. The Morgan fingerprint density at radius 2 is 1.24 bits per heavy atom. The standard InChI is InChI=1S/C49H37Cl4N5O8/c1-55-34-9-30(18-57-19-34)23-63-43-13-45(40(50)11-38(43)42(59)10-31-20-61-21-31)65-24-32-4-2-6-36(47(32)52)37-7-3-5-33(48(37)53)25-66-46-14-44(64-22-29-8-28(15-54)16-56-17-29)39(12-41(46)51)49(60)58-35-26-62-27-35/h2-9,11-14,16-19,31,35H,10,20-27H2,(H,58,60). The van der Waals surface area contributed by atoms with Crippen molar-refractivity contribution in [1.82, 2.24) is 15.3 Å². The van der Waals surface area contributed by atoms with E-state index in [0.717, 1.165) is 0 Å². The normalized spacial score (nSPS) is 13.4. The van der Waals surface area contributed by atoms with E-state index in [1.165, 1.54) is 18.5 Å². The Morgan fingerprint density at radius 1 is 0.697 bits per heavy atom. The number of rotatable bonds is 18. The summed E-state index contributed by atoms with van der Waals surface area (Å²) < 4.78 is 35.2. The highest BCUT2D eigenvalue weighted by Gasteiger charge is 2.27. The first-order valence-corrected chi connectivity index (χ1v) is 22.0. The Balaban J connectivity index is 0.992. The number of pyridine rings is 2. The van der Waals surface area contributed by atoms with Crippen molar-refractivity contribution < 1.29 is 38.0 Å². The summed E-state index contributed by atoms with van der Waals surface area (Å²) >= 11 is 27.6. The number of carbonyl (C=O) groups is 2. The van der Waals surface area contributed by atoms with Crippen LogP contribution in [0.3, 0.4) is 0 Å². The number of nitrogens with one attached hydrogen (secondary N) is 1. The van der Waals surface area contributed by atoms with E-state index in [9.17, 15) is 14.9 Å². The molecule has 2 aromatic heterocycles. The molecular weight excluding hydrogens is 928 g/mol. The molecule has 2 aliphatic heterocycles. The van der Waals surface area contributed by atoms with Gasteiger partial charge in [0.05, 0.1) is 75.8 Å². The summed E-state index contributed by atoms with van der Waals surface area (Å²) in [7, 11) is 0. The Labute approximate surface area is 399 Å². The van der Waals surface area contributed by atoms with E-state index in [2.05, 4.69) is 26.2 Å². The number of benzene rings is 4. The van der Waals surface area contributed by atoms with Crippen LogP contribution in [0.1, 0.15) is 55.0 Å². The van der Waals surface area contributed by atoms with Gasteiger partial charge in [0, 0.05) is 77.1 Å². The van der Waals surface area contributed by atoms with Gasteiger partial charge in [-0.1, -0.05) is 82.8 Å². The van der Waals surface area contributed by atoms with Crippen LogP contribution in [-0.2, 0) is 35.9 Å². The number of ether oxygens (including phenoxy) is 6. The summed E-state index contributed by atoms with van der Waals surface area (Å²) in [4.78, 5) is 38.4. The largest absolute Gasteiger partial charge is 0.488 e. The molecule has 0 bridgehead atoms. The summed E-state index contributed by atoms with van der Waals surface area (Å²) in [5, 5.41) is 13.4. The van der Waals surface area contributed by atoms with Crippen molar-refractivity contribution in [3.8, 4) is 40.2 Å². The van der Waals surface area contributed by atoms with Gasteiger partial charge >= 0.3 is 0 Å². The molecule has 17 heteroatoms. The third-order valence-corrected chi connectivity index (χ3v) is 12.1. The number of hydrogen-bond donors (Lipinski definition) is 1. The monoisotopic (exact) mass is 963 g/mol. The van der Waals surface area contributed by atoms with Gasteiger partial charge in [-0.2, -0.15) is 5.26 Å². The predicted octanol–water partition coefficient (Wildman–Crippen LogP) is 10.8. The van der Waals surface area contributed by atoms with E-state index < -0.39 is 5.91 Å². The van der Waals surface area contributed by atoms with Crippen molar-refractivity contribution in [2.24, 2.45) is 5.92 Å². The van der Waals surface area contributed by atoms with E-state index in [-0.39, 0.29) is 89.2 Å². The zero-order valence-corrected chi connectivity index (χ0v) is 37.8. The van der Waals surface area contributed by atoms with E-state index in [0.29, 0.717) is 86.7 Å². The van der Waals surface area contributed by atoms with Crippen molar-refractivity contribution in [2.45, 2.75) is 38.9 Å². The Hall–Kier alpha value is -6.42. The molecule has 6 aromatic rings. The molecule has 2 saturated heterocycles. The number of nitrogens with zero attached hydrogens (tertiary/aromatic N) is 4. The SMILES string of the molecule is [C-]#[N+]c1cncc(COc2cc(OCc3cccc(-c4cccc(COc5cc(OCc6cncc(C#N)c6)c(C(=O)NC6COC6)cc5Cl)c4Cl)c3Cl)c(Cl)cc2C(=O)CC2COC2)c1. The average molecular weight is 966 g/mol. The van der Waals surface area contributed by atoms with Crippen LogP contribution in [0.15, 0.2) is 97.6 Å². The van der Waals surface area contributed by atoms with Gasteiger partial charge in [0.25, 0.3) is 5.91 Å². The smallest absolute Gasteiger partial charge is 0.255 e. The minimum absolute atomic E-state index is 0.00154. The quantitative estimate of drug-likeness (QED) is 0.0646. The first kappa shape index (κ1) is 46.1. The highest BCUT2D eigenvalue weighted by molar-refractivity contribution is 6.37. The first-order chi connectivity index (χ1) is 32.1. The predicted molar refractivity (Wildman–Crippen MR) is 247 cm³/mol. The molecule has 4 aromatic carbocycles. The van der Waals surface area contributed by atoms with Crippen molar-refractivity contribution in [1.29, 1.82) is 5.26 Å². The summed E-state index contributed by atoms with van der Waals surface area (Å²) in [6, 6.07) is 22.3. The van der Waals surface area contributed by atoms with Crippen LogP contribution in [0, 0.1) is 23.8 Å². The lowest BCUT2D eigenvalue weighted by Gasteiger charge is -2.27. The fourth-order valence-corrected chi connectivity index (χ4v) is 7.96. The van der Waals surface area contributed by atoms with Gasteiger partial charge in [0.1, 0.15) is 55.5 Å². The van der Waals surface area contributed by atoms with Gasteiger partial charge in [-0.3, -0.25) is 19.6 Å². The second kappa shape index (κ2) is 21.3.